The maximum absolute atomic E-state index is 13.9. The van der Waals surface area contributed by atoms with Gasteiger partial charge in [0.25, 0.3) is 0 Å². The van der Waals surface area contributed by atoms with Gasteiger partial charge in [0, 0.05) is 18.3 Å². The van der Waals surface area contributed by atoms with Crippen LogP contribution in [0.2, 0.25) is 0 Å². The number of nitrogens with zero attached hydrogens (tertiary/aromatic N) is 2. The van der Waals surface area contributed by atoms with E-state index < -0.39 is 17.6 Å². The topological polar surface area (TPSA) is 96.4 Å². The summed E-state index contributed by atoms with van der Waals surface area (Å²) in [5.74, 6) is -1.65. The van der Waals surface area contributed by atoms with E-state index >= 15 is 0 Å². The second kappa shape index (κ2) is 9.73. The molecule has 0 aliphatic rings. The highest BCUT2D eigenvalue weighted by Gasteiger charge is 2.17. The molecule has 7 nitrogen and oxygen atoms in total. The van der Waals surface area contributed by atoms with Crippen LogP contribution in [-0.4, -0.2) is 21.0 Å². The molecule has 0 fully saturated rings. The Morgan fingerprint density at radius 1 is 0.939 bits per heavy atom. The highest BCUT2D eigenvalue weighted by atomic mass is 19.1. The van der Waals surface area contributed by atoms with Crippen molar-refractivity contribution in [3.63, 3.8) is 0 Å². The fourth-order valence-electron chi connectivity index (χ4n) is 2.99. The lowest BCUT2D eigenvalue weighted by Gasteiger charge is -2.15. The number of para-hydroxylation sites is 3. The molecule has 0 saturated heterocycles. The molecule has 0 bridgehead atoms. The third-order valence-corrected chi connectivity index (χ3v) is 4.62. The minimum atomic E-state index is -1.24. The number of anilines is 3. The first-order valence-electron chi connectivity index (χ1n) is 9.87. The van der Waals surface area contributed by atoms with Crippen molar-refractivity contribution in [1.29, 1.82) is 0 Å². The first-order valence-corrected chi connectivity index (χ1v) is 9.87. The van der Waals surface area contributed by atoms with E-state index in [1.165, 1.54) is 6.07 Å². The van der Waals surface area contributed by atoms with Gasteiger partial charge in [-0.25, -0.2) is 18.6 Å². The van der Waals surface area contributed by atoms with Gasteiger partial charge in [0.15, 0.2) is 11.6 Å². The average Bonchev–Trinajstić information content (AvgIpc) is 2.81. The van der Waals surface area contributed by atoms with Crippen LogP contribution < -0.4 is 15.4 Å². The monoisotopic (exact) mass is 448 g/mol. The second-order valence-corrected chi connectivity index (χ2v) is 6.85. The number of benzene rings is 3. The van der Waals surface area contributed by atoms with Crippen LogP contribution in [0.25, 0.3) is 0 Å². The maximum Gasteiger partial charge on any atom is 0.341 e. The molecule has 166 valence electrons. The molecule has 0 aliphatic carbocycles. The maximum atomic E-state index is 13.9. The molecule has 1 aromatic heterocycles. The number of nitrogens with one attached hydrogen (secondary N) is 2. The van der Waals surface area contributed by atoms with Crippen LogP contribution in [0.5, 0.6) is 11.5 Å². The number of carboxylic acids is 1. The first-order chi connectivity index (χ1) is 16.0. The molecule has 33 heavy (non-hydrogen) atoms. The van der Waals surface area contributed by atoms with Gasteiger partial charge in [0.05, 0.1) is 5.69 Å². The zero-order valence-electron chi connectivity index (χ0n) is 17.1. The van der Waals surface area contributed by atoms with Crippen molar-refractivity contribution in [3.8, 4) is 11.5 Å². The standard InChI is InChI=1S/C24H18F2N4O3/c25-18-9-6-10-19(26)16(18)13-27-24-28-14-17(23(31)32)22(30-24)29-20-11-4-5-12-21(20)33-15-7-2-1-3-8-15/h1-12,14H,13H2,(H,31,32)(H2,27,28,29,30). The summed E-state index contributed by atoms with van der Waals surface area (Å²) in [5.41, 5.74) is 0.0975. The number of carbonyl (C=O) groups is 1. The minimum Gasteiger partial charge on any atom is -0.477 e. The summed E-state index contributed by atoms with van der Waals surface area (Å²) in [5, 5.41) is 15.2. The van der Waals surface area contributed by atoms with E-state index in [1.54, 1.807) is 36.4 Å². The van der Waals surface area contributed by atoms with Gasteiger partial charge in [-0.3, -0.25) is 0 Å². The van der Waals surface area contributed by atoms with Crippen LogP contribution >= 0.6 is 0 Å². The molecule has 9 heteroatoms. The number of halogens is 2. The Labute approximate surface area is 187 Å². The van der Waals surface area contributed by atoms with E-state index in [9.17, 15) is 18.7 Å². The van der Waals surface area contributed by atoms with Crippen molar-refractivity contribution < 1.29 is 23.4 Å². The van der Waals surface area contributed by atoms with Gasteiger partial charge in [-0.15, -0.1) is 0 Å². The van der Waals surface area contributed by atoms with Gasteiger partial charge >= 0.3 is 5.97 Å². The number of aromatic carboxylic acids is 1. The smallest absolute Gasteiger partial charge is 0.341 e. The van der Waals surface area contributed by atoms with Crippen molar-refractivity contribution >= 4 is 23.4 Å². The van der Waals surface area contributed by atoms with Crippen molar-refractivity contribution in [2.24, 2.45) is 0 Å². The summed E-state index contributed by atoms with van der Waals surface area (Å²) in [6.45, 7) is -0.224. The Balaban J connectivity index is 1.60. The Bertz CT molecular complexity index is 1270. The van der Waals surface area contributed by atoms with Gasteiger partial charge in [0.2, 0.25) is 5.95 Å². The van der Waals surface area contributed by atoms with Gasteiger partial charge in [0.1, 0.15) is 22.9 Å². The summed E-state index contributed by atoms with van der Waals surface area (Å²) in [7, 11) is 0. The first kappa shape index (κ1) is 21.7. The molecule has 0 atom stereocenters. The predicted octanol–water partition coefficient (Wildman–Crippen LogP) is 5.60. The third-order valence-electron chi connectivity index (χ3n) is 4.62. The highest BCUT2D eigenvalue weighted by Crippen LogP contribution is 2.32. The lowest BCUT2D eigenvalue weighted by atomic mass is 10.2. The SMILES string of the molecule is O=C(O)c1cnc(NCc2c(F)cccc2F)nc1Nc1ccccc1Oc1ccccc1. The van der Waals surface area contributed by atoms with Gasteiger partial charge in [-0.2, -0.15) is 4.98 Å². The van der Waals surface area contributed by atoms with Crippen molar-refractivity contribution in [2.75, 3.05) is 10.6 Å². The van der Waals surface area contributed by atoms with E-state index in [2.05, 4.69) is 20.6 Å². The van der Waals surface area contributed by atoms with Crippen LogP contribution in [0.3, 0.4) is 0 Å². The molecule has 0 amide bonds. The molecule has 4 rings (SSSR count). The minimum absolute atomic E-state index is 0.00777. The number of rotatable bonds is 8. The van der Waals surface area contributed by atoms with E-state index in [1.807, 2.05) is 18.2 Å². The van der Waals surface area contributed by atoms with Crippen molar-refractivity contribution in [3.05, 3.63) is 102 Å². The summed E-state index contributed by atoms with van der Waals surface area (Å²) >= 11 is 0. The van der Waals surface area contributed by atoms with Crippen LogP contribution in [-0.2, 0) is 6.54 Å². The average molecular weight is 448 g/mol. The van der Waals surface area contributed by atoms with Gasteiger partial charge < -0.3 is 20.5 Å². The predicted molar refractivity (Wildman–Crippen MR) is 119 cm³/mol. The molecule has 0 aliphatic heterocycles. The van der Waals surface area contributed by atoms with Crippen LogP contribution in [0.1, 0.15) is 15.9 Å². The summed E-state index contributed by atoms with van der Waals surface area (Å²) in [6.07, 6.45) is 1.11. The summed E-state index contributed by atoms with van der Waals surface area (Å²) in [6, 6.07) is 19.6. The van der Waals surface area contributed by atoms with Crippen molar-refractivity contribution in [1.82, 2.24) is 9.97 Å². The molecule has 3 aromatic carbocycles. The second-order valence-electron chi connectivity index (χ2n) is 6.85. The normalized spacial score (nSPS) is 10.5. The Kier molecular flexibility index (Phi) is 6.40. The molecule has 0 unspecified atom stereocenters. The quantitative estimate of drug-likeness (QED) is 0.323. The molecule has 0 spiro atoms. The highest BCUT2D eigenvalue weighted by molar-refractivity contribution is 5.94. The zero-order chi connectivity index (χ0) is 23.2. The summed E-state index contributed by atoms with van der Waals surface area (Å²) < 4.78 is 33.7. The van der Waals surface area contributed by atoms with Crippen LogP contribution in [0, 0.1) is 11.6 Å². The van der Waals surface area contributed by atoms with Gasteiger partial charge in [-0.05, 0) is 36.4 Å². The fourth-order valence-corrected chi connectivity index (χ4v) is 2.99. The molecule has 4 aromatic rings. The molecule has 3 N–H and O–H groups in total. The summed E-state index contributed by atoms with van der Waals surface area (Å²) in [4.78, 5) is 19.8. The Morgan fingerprint density at radius 2 is 1.64 bits per heavy atom. The number of hydrogen-bond donors (Lipinski definition) is 3. The molecular weight excluding hydrogens is 430 g/mol. The van der Waals surface area contributed by atoms with Gasteiger partial charge in [-0.1, -0.05) is 36.4 Å². The fraction of sp³-hybridized carbons (Fsp3) is 0.0417. The molecule has 0 radical (unpaired) electrons. The Morgan fingerprint density at radius 3 is 2.36 bits per heavy atom. The largest absolute Gasteiger partial charge is 0.477 e. The number of carboxylic acid groups (broad SMARTS) is 1. The van der Waals surface area contributed by atoms with Crippen LogP contribution in [0.4, 0.5) is 26.2 Å². The zero-order valence-corrected chi connectivity index (χ0v) is 17.1. The number of hydrogen-bond acceptors (Lipinski definition) is 6. The number of aromatic nitrogens is 2. The molecule has 0 saturated carbocycles. The van der Waals surface area contributed by atoms with E-state index in [0.717, 1.165) is 18.3 Å². The molecular formula is C24H18F2N4O3. The third kappa shape index (κ3) is 5.21. The number of ether oxygens (including phenoxy) is 1. The lowest BCUT2D eigenvalue weighted by molar-refractivity contribution is 0.0697. The van der Waals surface area contributed by atoms with Crippen LogP contribution in [0.15, 0.2) is 79.0 Å². The lowest BCUT2D eigenvalue weighted by Crippen LogP contribution is -2.11. The molecule has 1 heterocycles. The Hall–Kier alpha value is -4.53. The van der Waals surface area contributed by atoms with E-state index in [4.69, 9.17) is 4.74 Å². The van der Waals surface area contributed by atoms with Crippen molar-refractivity contribution in [2.45, 2.75) is 6.54 Å². The van der Waals surface area contributed by atoms with E-state index in [0.29, 0.717) is 17.2 Å². The van der Waals surface area contributed by atoms with E-state index in [-0.39, 0.29) is 29.4 Å².